The van der Waals surface area contributed by atoms with Crippen LogP contribution in [0.3, 0.4) is 0 Å². The van der Waals surface area contributed by atoms with Gasteiger partial charge in [-0.1, -0.05) is 18.3 Å². The van der Waals surface area contributed by atoms with E-state index in [-0.39, 0.29) is 5.75 Å². The standard InChI is InChI=1S/C16H17N3OS/c1-19(11-5-3-6-12(20)9-11)16-13(15(17)21)8-10-4-2-7-14(10)18-16/h3,5-6,8-9,20H,2,4,7H2,1H3,(H2,17,21). The van der Waals surface area contributed by atoms with Crippen LogP contribution < -0.4 is 10.6 Å². The predicted octanol–water partition coefficient (Wildman–Crippen LogP) is 2.68. The quantitative estimate of drug-likeness (QED) is 0.853. The molecule has 0 saturated heterocycles. The minimum absolute atomic E-state index is 0.220. The van der Waals surface area contributed by atoms with Crippen molar-refractivity contribution in [3.8, 4) is 5.75 Å². The number of anilines is 2. The molecule has 21 heavy (non-hydrogen) atoms. The summed E-state index contributed by atoms with van der Waals surface area (Å²) >= 11 is 5.18. The maximum atomic E-state index is 9.64. The first kappa shape index (κ1) is 13.8. The van der Waals surface area contributed by atoms with Crippen molar-refractivity contribution >= 4 is 28.7 Å². The number of aromatic nitrogens is 1. The maximum absolute atomic E-state index is 9.64. The third-order valence-corrected chi connectivity index (χ3v) is 4.05. The third-order valence-electron chi connectivity index (χ3n) is 3.83. The molecule has 5 heteroatoms. The van der Waals surface area contributed by atoms with Crippen molar-refractivity contribution in [3.05, 3.63) is 47.2 Å². The molecule has 1 aromatic heterocycles. The highest BCUT2D eigenvalue weighted by atomic mass is 32.1. The molecule has 1 aliphatic rings. The average molecular weight is 299 g/mol. The molecule has 2 aromatic rings. The molecule has 0 saturated carbocycles. The lowest BCUT2D eigenvalue weighted by Gasteiger charge is -2.22. The topological polar surface area (TPSA) is 62.4 Å². The summed E-state index contributed by atoms with van der Waals surface area (Å²) in [5.74, 6) is 0.964. The molecule has 1 heterocycles. The van der Waals surface area contributed by atoms with Gasteiger partial charge < -0.3 is 15.7 Å². The van der Waals surface area contributed by atoms with E-state index >= 15 is 0 Å². The van der Waals surface area contributed by atoms with Gasteiger partial charge >= 0.3 is 0 Å². The van der Waals surface area contributed by atoms with Crippen LogP contribution >= 0.6 is 12.2 Å². The van der Waals surface area contributed by atoms with E-state index in [0.717, 1.165) is 42.0 Å². The molecule has 1 aliphatic carbocycles. The number of benzene rings is 1. The fourth-order valence-electron chi connectivity index (χ4n) is 2.72. The van der Waals surface area contributed by atoms with Crippen LogP contribution in [-0.2, 0) is 12.8 Å². The Morgan fingerprint density at radius 1 is 1.33 bits per heavy atom. The molecule has 0 spiro atoms. The number of pyridine rings is 1. The van der Waals surface area contributed by atoms with E-state index in [1.807, 2.05) is 18.0 Å². The lowest BCUT2D eigenvalue weighted by atomic mass is 10.1. The van der Waals surface area contributed by atoms with Crippen molar-refractivity contribution in [1.29, 1.82) is 0 Å². The number of hydrogen-bond acceptors (Lipinski definition) is 4. The molecule has 4 nitrogen and oxygen atoms in total. The van der Waals surface area contributed by atoms with Gasteiger partial charge in [0.2, 0.25) is 0 Å². The zero-order valence-electron chi connectivity index (χ0n) is 11.8. The molecule has 0 amide bonds. The second kappa shape index (κ2) is 5.33. The third kappa shape index (κ3) is 2.56. The van der Waals surface area contributed by atoms with Gasteiger partial charge in [0.1, 0.15) is 16.6 Å². The van der Waals surface area contributed by atoms with E-state index in [2.05, 4.69) is 6.07 Å². The Bertz CT molecular complexity index is 715. The summed E-state index contributed by atoms with van der Waals surface area (Å²) < 4.78 is 0. The molecule has 3 rings (SSSR count). The number of phenols is 1. The Hall–Kier alpha value is -2.14. The SMILES string of the molecule is CN(c1cccc(O)c1)c1nc2c(cc1C(N)=S)CCC2. The maximum Gasteiger partial charge on any atom is 0.143 e. The molecule has 108 valence electrons. The largest absolute Gasteiger partial charge is 0.508 e. The number of fused-ring (bicyclic) bond motifs is 1. The fourth-order valence-corrected chi connectivity index (χ4v) is 2.87. The summed E-state index contributed by atoms with van der Waals surface area (Å²) in [5, 5.41) is 9.64. The smallest absolute Gasteiger partial charge is 0.143 e. The van der Waals surface area contributed by atoms with Gasteiger partial charge in [-0.15, -0.1) is 0 Å². The van der Waals surface area contributed by atoms with E-state index < -0.39 is 0 Å². The van der Waals surface area contributed by atoms with E-state index in [9.17, 15) is 5.11 Å². The van der Waals surface area contributed by atoms with E-state index in [1.165, 1.54) is 5.56 Å². The predicted molar refractivity (Wildman–Crippen MR) is 88.3 cm³/mol. The van der Waals surface area contributed by atoms with Crippen LogP contribution in [0.15, 0.2) is 30.3 Å². The first-order valence-corrected chi connectivity index (χ1v) is 7.32. The molecule has 3 N–H and O–H groups in total. The number of aromatic hydroxyl groups is 1. The second-order valence-corrected chi connectivity index (χ2v) is 5.70. The summed E-state index contributed by atoms with van der Waals surface area (Å²) in [6, 6.07) is 9.11. The summed E-state index contributed by atoms with van der Waals surface area (Å²) in [6.07, 6.45) is 3.15. The van der Waals surface area contributed by atoms with Crippen molar-refractivity contribution in [2.75, 3.05) is 11.9 Å². The minimum atomic E-state index is 0.220. The normalized spacial score (nSPS) is 13.0. The lowest BCUT2D eigenvalue weighted by molar-refractivity contribution is 0.475. The Labute approximate surface area is 129 Å². The van der Waals surface area contributed by atoms with Crippen molar-refractivity contribution in [2.24, 2.45) is 5.73 Å². The summed E-state index contributed by atoms with van der Waals surface area (Å²) in [5.41, 5.74) is 9.87. The minimum Gasteiger partial charge on any atom is -0.508 e. The average Bonchev–Trinajstić information content (AvgIpc) is 2.92. The van der Waals surface area contributed by atoms with E-state index in [4.69, 9.17) is 22.9 Å². The van der Waals surface area contributed by atoms with Gasteiger partial charge in [0.05, 0.1) is 5.56 Å². The first-order valence-electron chi connectivity index (χ1n) is 6.91. The van der Waals surface area contributed by atoms with Gasteiger partial charge in [-0.2, -0.15) is 0 Å². The highest BCUT2D eigenvalue weighted by molar-refractivity contribution is 7.80. The number of thiocarbonyl (C=S) groups is 1. The van der Waals surface area contributed by atoms with Crippen LogP contribution in [0.1, 0.15) is 23.2 Å². The summed E-state index contributed by atoms with van der Waals surface area (Å²) in [6.45, 7) is 0. The number of nitrogens with two attached hydrogens (primary N) is 1. The molecule has 0 unspecified atom stereocenters. The van der Waals surface area contributed by atoms with Crippen molar-refractivity contribution in [2.45, 2.75) is 19.3 Å². The van der Waals surface area contributed by atoms with Crippen molar-refractivity contribution in [1.82, 2.24) is 4.98 Å². The summed E-state index contributed by atoms with van der Waals surface area (Å²) in [7, 11) is 1.90. The van der Waals surface area contributed by atoms with Crippen LogP contribution in [0.4, 0.5) is 11.5 Å². The Morgan fingerprint density at radius 2 is 2.14 bits per heavy atom. The lowest BCUT2D eigenvalue weighted by Crippen LogP contribution is -2.20. The fraction of sp³-hybridized carbons (Fsp3) is 0.250. The number of aryl methyl sites for hydroxylation is 2. The number of hydrogen-bond donors (Lipinski definition) is 2. The number of phenolic OH excluding ortho intramolecular Hbond substituents is 1. The second-order valence-electron chi connectivity index (χ2n) is 5.26. The number of nitrogens with zero attached hydrogens (tertiary/aromatic N) is 2. The van der Waals surface area contributed by atoms with Gasteiger partial charge in [-0.05, 0) is 43.0 Å². The molecule has 0 bridgehead atoms. The zero-order chi connectivity index (χ0) is 15.0. The highest BCUT2D eigenvalue weighted by Gasteiger charge is 2.20. The molecule has 1 aromatic carbocycles. The molecular formula is C16H17N3OS. The Morgan fingerprint density at radius 3 is 2.86 bits per heavy atom. The van der Waals surface area contributed by atoms with E-state index in [0.29, 0.717) is 4.99 Å². The van der Waals surface area contributed by atoms with Crippen molar-refractivity contribution < 1.29 is 5.11 Å². The molecule has 0 radical (unpaired) electrons. The molecule has 0 aliphatic heterocycles. The molecule has 0 atom stereocenters. The van der Waals surface area contributed by atoms with Gasteiger partial charge in [-0.3, -0.25) is 0 Å². The first-order chi connectivity index (χ1) is 10.1. The number of rotatable bonds is 3. The van der Waals surface area contributed by atoms with Crippen LogP contribution in [-0.4, -0.2) is 22.1 Å². The van der Waals surface area contributed by atoms with Gasteiger partial charge in [-0.25, -0.2) is 4.98 Å². The van der Waals surface area contributed by atoms with Gasteiger partial charge in [0, 0.05) is 24.5 Å². The monoisotopic (exact) mass is 299 g/mol. The zero-order valence-corrected chi connectivity index (χ0v) is 12.7. The van der Waals surface area contributed by atoms with E-state index in [1.54, 1.807) is 18.2 Å². The van der Waals surface area contributed by atoms with Crippen LogP contribution in [0.2, 0.25) is 0 Å². The molecular weight excluding hydrogens is 282 g/mol. The van der Waals surface area contributed by atoms with Gasteiger partial charge in [0.25, 0.3) is 0 Å². The Balaban J connectivity index is 2.10. The van der Waals surface area contributed by atoms with Crippen LogP contribution in [0.25, 0.3) is 0 Å². The van der Waals surface area contributed by atoms with Crippen molar-refractivity contribution in [3.63, 3.8) is 0 Å². The van der Waals surface area contributed by atoms with Crippen LogP contribution in [0.5, 0.6) is 5.75 Å². The van der Waals surface area contributed by atoms with Gasteiger partial charge in [0.15, 0.2) is 0 Å². The molecule has 0 fully saturated rings. The summed E-state index contributed by atoms with van der Waals surface area (Å²) in [4.78, 5) is 7.01. The van der Waals surface area contributed by atoms with Crippen LogP contribution in [0, 0.1) is 0 Å². The highest BCUT2D eigenvalue weighted by Crippen LogP contribution is 2.31. The Kier molecular flexibility index (Phi) is 3.51.